The van der Waals surface area contributed by atoms with E-state index < -0.39 is 9.96 Å². The molecule has 2 rings (SSSR count). The number of quaternary nitrogens is 1. The third kappa shape index (κ3) is 5.31. The number of hydrogen-bond donors (Lipinski definition) is 2. The molecule has 1 aromatic rings. The molecule has 1 amide bonds. The summed E-state index contributed by atoms with van der Waals surface area (Å²) in [6, 6.07) is 9.48. The van der Waals surface area contributed by atoms with Crippen LogP contribution in [0, 0.1) is 0 Å². The van der Waals surface area contributed by atoms with E-state index in [4.69, 9.17) is 39.5 Å². The molecule has 1 heterocycles. The first-order valence-electron chi connectivity index (χ1n) is 6.79. The Balaban J connectivity index is 1.99. The average Bonchev–Trinajstić information content (AvgIpc) is 2.45. The Bertz CT molecular complexity index is 459. The fourth-order valence-electron chi connectivity index (χ4n) is 2.33. The van der Waals surface area contributed by atoms with Crippen LogP contribution < -0.4 is 10.2 Å². The quantitative estimate of drug-likeness (QED) is 0.793. The topological polar surface area (TPSA) is 42.8 Å². The van der Waals surface area contributed by atoms with Gasteiger partial charge in [0, 0.05) is 0 Å². The van der Waals surface area contributed by atoms with E-state index in [0.29, 0.717) is 26.3 Å². The molecule has 1 aliphatic heterocycles. The maximum absolute atomic E-state index is 12.2. The van der Waals surface area contributed by atoms with Crippen molar-refractivity contribution in [1.82, 2.24) is 5.32 Å². The average molecular weight is 353 g/mol. The second kappa shape index (κ2) is 7.65. The van der Waals surface area contributed by atoms with Crippen LogP contribution in [0.5, 0.6) is 0 Å². The number of nitrogens with one attached hydrogen (secondary N) is 2. The molecule has 21 heavy (non-hydrogen) atoms. The number of alkyl halides is 3. The van der Waals surface area contributed by atoms with E-state index in [0.717, 1.165) is 10.5 Å². The highest BCUT2D eigenvalue weighted by Crippen LogP contribution is 2.27. The molecule has 1 aliphatic rings. The smallest absolute Gasteiger partial charge is 0.262 e. The predicted molar refractivity (Wildman–Crippen MR) is 83.9 cm³/mol. The summed E-state index contributed by atoms with van der Waals surface area (Å²) in [6.45, 7) is 2.59. The molecule has 0 aliphatic carbocycles. The highest BCUT2D eigenvalue weighted by atomic mass is 35.6. The van der Waals surface area contributed by atoms with Crippen LogP contribution in [-0.2, 0) is 16.0 Å². The molecule has 0 saturated carbocycles. The van der Waals surface area contributed by atoms with Crippen LogP contribution in [0.15, 0.2) is 30.3 Å². The summed E-state index contributed by atoms with van der Waals surface area (Å²) >= 11 is 18.1. The second-order valence-corrected chi connectivity index (χ2v) is 7.34. The zero-order chi connectivity index (χ0) is 15.3. The normalized spacial score (nSPS) is 18.2. The number of rotatable bonds is 4. The van der Waals surface area contributed by atoms with Gasteiger partial charge in [-0.15, -0.1) is 0 Å². The summed E-state index contributed by atoms with van der Waals surface area (Å²) in [6.07, 6.45) is -0.315. The molecule has 7 heteroatoms. The van der Waals surface area contributed by atoms with Crippen molar-refractivity contribution in [2.45, 2.75) is 16.4 Å². The molecule has 1 aromatic carbocycles. The molecule has 0 spiro atoms. The van der Waals surface area contributed by atoms with E-state index in [2.05, 4.69) is 5.32 Å². The first-order chi connectivity index (χ1) is 9.97. The first-order valence-corrected chi connectivity index (χ1v) is 7.92. The maximum atomic E-state index is 12.2. The SMILES string of the molecule is O=C(Cc1ccccc1)N[C@H]([NH+]1CCOCC1)C(Cl)(Cl)Cl. The van der Waals surface area contributed by atoms with E-state index in [-0.39, 0.29) is 12.3 Å². The van der Waals surface area contributed by atoms with Gasteiger partial charge in [-0.3, -0.25) is 4.79 Å². The molecule has 1 saturated heterocycles. The van der Waals surface area contributed by atoms with Crippen molar-refractivity contribution in [3.63, 3.8) is 0 Å². The van der Waals surface area contributed by atoms with Gasteiger partial charge in [0.1, 0.15) is 13.1 Å². The standard InChI is InChI=1S/C14H17Cl3N2O2/c15-14(16,17)13(19-6-8-21-9-7-19)18-12(20)10-11-4-2-1-3-5-11/h1-5,13H,6-10H2,(H,18,20)/p+1/t13-/m1/s1. The lowest BCUT2D eigenvalue weighted by Crippen LogP contribution is -3.21. The van der Waals surface area contributed by atoms with Crippen LogP contribution in [0.4, 0.5) is 0 Å². The minimum Gasteiger partial charge on any atom is -0.370 e. The summed E-state index contributed by atoms with van der Waals surface area (Å²) < 4.78 is 3.74. The number of halogens is 3. The number of benzene rings is 1. The highest BCUT2D eigenvalue weighted by Gasteiger charge is 2.42. The van der Waals surface area contributed by atoms with Gasteiger partial charge in [0.05, 0.1) is 19.6 Å². The van der Waals surface area contributed by atoms with E-state index in [1.165, 1.54) is 0 Å². The van der Waals surface area contributed by atoms with E-state index >= 15 is 0 Å². The Kier molecular flexibility index (Phi) is 6.14. The summed E-state index contributed by atoms with van der Waals surface area (Å²) in [5.74, 6) is -0.156. The van der Waals surface area contributed by atoms with Crippen LogP contribution >= 0.6 is 34.8 Å². The van der Waals surface area contributed by atoms with Crippen LogP contribution in [0.3, 0.4) is 0 Å². The highest BCUT2D eigenvalue weighted by molar-refractivity contribution is 6.68. The minimum atomic E-state index is -1.56. The molecule has 0 bridgehead atoms. The fourth-order valence-corrected chi connectivity index (χ4v) is 2.96. The Morgan fingerprint density at radius 1 is 1.24 bits per heavy atom. The fraction of sp³-hybridized carbons (Fsp3) is 0.500. The van der Waals surface area contributed by atoms with Gasteiger partial charge in [-0.2, -0.15) is 0 Å². The van der Waals surface area contributed by atoms with Gasteiger partial charge >= 0.3 is 0 Å². The lowest BCUT2D eigenvalue weighted by molar-refractivity contribution is -0.934. The minimum absolute atomic E-state index is 0.156. The lowest BCUT2D eigenvalue weighted by atomic mass is 10.1. The molecule has 116 valence electrons. The molecule has 1 fully saturated rings. The molecular formula is C14H18Cl3N2O2+. The van der Waals surface area contributed by atoms with Crippen LogP contribution in [-0.4, -0.2) is 42.2 Å². The van der Waals surface area contributed by atoms with Gasteiger partial charge in [-0.05, 0) is 5.56 Å². The number of amides is 1. The Morgan fingerprint density at radius 3 is 2.43 bits per heavy atom. The van der Waals surface area contributed by atoms with Gasteiger partial charge in [0.2, 0.25) is 12.1 Å². The van der Waals surface area contributed by atoms with Crippen molar-refractivity contribution in [3.8, 4) is 0 Å². The molecule has 2 N–H and O–H groups in total. The van der Waals surface area contributed by atoms with Crippen molar-refractivity contribution in [3.05, 3.63) is 35.9 Å². The second-order valence-electron chi connectivity index (χ2n) is 4.98. The Morgan fingerprint density at radius 2 is 1.86 bits per heavy atom. The van der Waals surface area contributed by atoms with E-state index in [9.17, 15) is 4.79 Å². The zero-order valence-corrected chi connectivity index (χ0v) is 13.7. The molecule has 1 atom stereocenters. The Labute approximate surface area is 139 Å². The number of ether oxygens (including phenoxy) is 1. The van der Waals surface area contributed by atoms with Crippen molar-refractivity contribution in [2.24, 2.45) is 0 Å². The van der Waals surface area contributed by atoms with Crippen LogP contribution in [0.2, 0.25) is 0 Å². The van der Waals surface area contributed by atoms with Gasteiger partial charge < -0.3 is 15.0 Å². The van der Waals surface area contributed by atoms with Gasteiger partial charge in [-0.1, -0.05) is 65.1 Å². The lowest BCUT2D eigenvalue weighted by Gasteiger charge is -2.35. The third-order valence-corrected chi connectivity index (χ3v) is 4.04. The first kappa shape index (κ1) is 16.8. The van der Waals surface area contributed by atoms with Crippen molar-refractivity contribution in [2.75, 3.05) is 26.3 Å². The number of carbonyl (C=O) groups is 1. The summed E-state index contributed by atoms with van der Waals surface area (Å²) in [4.78, 5) is 13.2. The van der Waals surface area contributed by atoms with Gasteiger partial charge in [0.25, 0.3) is 3.79 Å². The number of carbonyl (C=O) groups excluding carboxylic acids is 1. The molecule has 4 nitrogen and oxygen atoms in total. The summed E-state index contributed by atoms with van der Waals surface area (Å²) in [5, 5.41) is 2.85. The monoisotopic (exact) mass is 351 g/mol. The molecular weight excluding hydrogens is 335 g/mol. The van der Waals surface area contributed by atoms with Crippen LogP contribution in [0.1, 0.15) is 5.56 Å². The maximum Gasteiger partial charge on any atom is 0.262 e. The summed E-state index contributed by atoms with van der Waals surface area (Å²) in [7, 11) is 0. The van der Waals surface area contributed by atoms with E-state index in [1.807, 2.05) is 30.3 Å². The van der Waals surface area contributed by atoms with Crippen LogP contribution in [0.25, 0.3) is 0 Å². The molecule has 0 radical (unpaired) electrons. The molecule has 0 unspecified atom stereocenters. The van der Waals surface area contributed by atoms with Crippen molar-refractivity contribution < 1.29 is 14.4 Å². The van der Waals surface area contributed by atoms with E-state index in [1.54, 1.807) is 0 Å². The van der Waals surface area contributed by atoms with Crippen molar-refractivity contribution in [1.29, 1.82) is 0 Å². The predicted octanol–water partition coefficient (Wildman–Crippen LogP) is 0.957. The largest absolute Gasteiger partial charge is 0.370 e. The van der Waals surface area contributed by atoms with Crippen molar-refractivity contribution >= 4 is 40.7 Å². The number of hydrogen-bond acceptors (Lipinski definition) is 2. The summed E-state index contributed by atoms with van der Waals surface area (Å²) in [5.41, 5.74) is 0.926. The van der Waals surface area contributed by atoms with Gasteiger partial charge in [-0.25, -0.2) is 0 Å². The Hall–Kier alpha value is -0.520. The zero-order valence-electron chi connectivity index (χ0n) is 11.5. The molecule has 0 aromatic heterocycles. The van der Waals surface area contributed by atoms with Gasteiger partial charge in [0.15, 0.2) is 0 Å². The third-order valence-electron chi connectivity index (χ3n) is 3.38. The number of morpholine rings is 1.